The number of benzene rings is 1. The molecule has 0 saturated heterocycles. The average Bonchev–Trinajstić information content (AvgIpc) is 3.06. The van der Waals surface area contributed by atoms with Crippen LogP contribution in [0.4, 0.5) is 8.78 Å². The number of thioether (sulfide) groups is 1. The van der Waals surface area contributed by atoms with Crippen molar-refractivity contribution in [2.24, 2.45) is 4.99 Å². The summed E-state index contributed by atoms with van der Waals surface area (Å²) in [6.07, 6.45) is 2.62. The number of hydrogen-bond donors (Lipinski definition) is 2. The van der Waals surface area contributed by atoms with Crippen LogP contribution < -0.4 is 10.6 Å². The zero-order valence-electron chi connectivity index (χ0n) is 14.8. The molecule has 0 aliphatic rings. The van der Waals surface area contributed by atoms with Gasteiger partial charge in [0.25, 0.3) is 0 Å². The Hall–Kier alpha value is -1.61. The fourth-order valence-corrected chi connectivity index (χ4v) is 3.52. The van der Waals surface area contributed by atoms with Crippen LogP contribution in [0.1, 0.15) is 26.2 Å². The largest absolute Gasteiger partial charge is 0.355 e. The van der Waals surface area contributed by atoms with Gasteiger partial charge in [-0.1, -0.05) is 15.9 Å². The van der Waals surface area contributed by atoms with Crippen molar-refractivity contribution >= 4 is 33.7 Å². The maximum atomic E-state index is 12.8. The van der Waals surface area contributed by atoms with Crippen LogP contribution in [0.5, 0.6) is 0 Å². The smallest absolute Gasteiger partial charge is 0.319 e. The molecule has 1 heterocycles. The fourth-order valence-electron chi connectivity index (χ4n) is 2.20. The minimum absolute atomic E-state index is 0.0904. The molecule has 0 aliphatic carbocycles. The SMILES string of the molecule is CN=C(NCc1nccn1C(F)F)NCC(C)(C)Sc1ccc(Br)cc1. The predicted octanol–water partition coefficient (Wildman–Crippen LogP) is 4.28. The Morgan fingerprint density at radius 2 is 2.00 bits per heavy atom. The molecule has 0 atom stereocenters. The zero-order valence-corrected chi connectivity index (χ0v) is 17.2. The number of alkyl halides is 2. The Labute approximate surface area is 164 Å². The van der Waals surface area contributed by atoms with Crippen LogP contribution >= 0.6 is 27.7 Å². The Kier molecular flexibility index (Phi) is 7.45. The number of rotatable bonds is 7. The van der Waals surface area contributed by atoms with E-state index in [2.05, 4.69) is 62.5 Å². The molecule has 1 aromatic heterocycles. The van der Waals surface area contributed by atoms with Crippen molar-refractivity contribution in [1.29, 1.82) is 0 Å². The van der Waals surface area contributed by atoms with Gasteiger partial charge in [0.2, 0.25) is 0 Å². The number of halogens is 3. The maximum Gasteiger partial charge on any atom is 0.319 e. The Morgan fingerprint density at radius 1 is 1.31 bits per heavy atom. The number of nitrogens with one attached hydrogen (secondary N) is 2. The van der Waals surface area contributed by atoms with Crippen molar-refractivity contribution in [2.75, 3.05) is 13.6 Å². The molecule has 0 bridgehead atoms. The molecule has 26 heavy (non-hydrogen) atoms. The van der Waals surface area contributed by atoms with Gasteiger partial charge in [0.15, 0.2) is 5.96 Å². The maximum absolute atomic E-state index is 12.8. The number of imidazole rings is 1. The molecule has 0 unspecified atom stereocenters. The third-order valence-corrected chi connectivity index (χ3v) is 5.22. The van der Waals surface area contributed by atoms with E-state index in [9.17, 15) is 8.78 Å². The van der Waals surface area contributed by atoms with Gasteiger partial charge in [-0.3, -0.25) is 9.56 Å². The molecule has 2 rings (SSSR count). The predicted molar refractivity (Wildman–Crippen MR) is 106 cm³/mol. The standard InChI is InChI=1S/C17H22BrF2N5S/c1-17(2,26-13-6-4-12(18)5-7-13)11-24-16(21-3)23-10-14-22-8-9-25(14)15(19)20/h4-9,15H,10-11H2,1-3H3,(H2,21,23,24). The van der Waals surface area contributed by atoms with Crippen molar-refractivity contribution in [3.8, 4) is 0 Å². The van der Waals surface area contributed by atoms with E-state index in [0.717, 1.165) is 9.04 Å². The second kappa shape index (κ2) is 9.36. The highest BCUT2D eigenvalue weighted by molar-refractivity contribution is 9.10. The van der Waals surface area contributed by atoms with Gasteiger partial charge in [-0.25, -0.2) is 4.98 Å². The van der Waals surface area contributed by atoms with Crippen LogP contribution in [0.3, 0.4) is 0 Å². The topological polar surface area (TPSA) is 54.2 Å². The molecular weight excluding hydrogens is 424 g/mol. The second-order valence-corrected chi connectivity index (χ2v) is 8.82. The van der Waals surface area contributed by atoms with Crippen molar-refractivity contribution in [3.63, 3.8) is 0 Å². The molecular formula is C17H22BrF2N5S. The van der Waals surface area contributed by atoms with Crippen LogP contribution in [0.2, 0.25) is 0 Å². The molecule has 0 amide bonds. The molecule has 0 radical (unpaired) electrons. The number of guanidine groups is 1. The summed E-state index contributed by atoms with van der Waals surface area (Å²) in [6.45, 7) is 2.46. The molecule has 2 N–H and O–H groups in total. The first-order valence-corrected chi connectivity index (χ1v) is 9.60. The molecule has 0 saturated carbocycles. The lowest BCUT2D eigenvalue weighted by Crippen LogP contribution is -2.43. The van der Waals surface area contributed by atoms with Crippen LogP contribution in [0, 0.1) is 0 Å². The van der Waals surface area contributed by atoms with E-state index < -0.39 is 6.55 Å². The minimum Gasteiger partial charge on any atom is -0.355 e. The molecule has 0 aliphatic heterocycles. The van der Waals surface area contributed by atoms with Crippen LogP contribution in [-0.4, -0.2) is 33.9 Å². The van der Waals surface area contributed by atoms with Crippen LogP contribution in [0.15, 0.2) is 51.0 Å². The minimum atomic E-state index is -2.61. The number of aliphatic imine (C=N–C) groups is 1. The molecule has 2 aromatic rings. The number of hydrogen-bond acceptors (Lipinski definition) is 3. The monoisotopic (exact) mass is 445 g/mol. The lowest BCUT2D eigenvalue weighted by molar-refractivity contribution is 0.0668. The van der Waals surface area contributed by atoms with Crippen molar-refractivity contribution in [3.05, 3.63) is 47.0 Å². The summed E-state index contributed by atoms with van der Waals surface area (Å²) in [4.78, 5) is 9.25. The van der Waals surface area contributed by atoms with E-state index in [1.807, 2.05) is 12.1 Å². The third-order valence-electron chi connectivity index (χ3n) is 3.49. The normalized spacial score (nSPS) is 12.5. The molecule has 0 fully saturated rings. The highest BCUT2D eigenvalue weighted by atomic mass is 79.9. The fraction of sp³-hybridized carbons (Fsp3) is 0.412. The van der Waals surface area contributed by atoms with Crippen LogP contribution in [-0.2, 0) is 6.54 Å². The summed E-state index contributed by atoms with van der Waals surface area (Å²) < 4.78 is 27.5. The van der Waals surface area contributed by atoms with Crippen molar-refractivity contribution < 1.29 is 8.78 Å². The van der Waals surface area contributed by atoms with Crippen molar-refractivity contribution in [2.45, 2.75) is 36.6 Å². The van der Waals surface area contributed by atoms with E-state index in [1.165, 1.54) is 17.3 Å². The van der Waals surface area contributed by atoms with Gasteiger partial charge in [-0.15, -0.1) is 11.8 Å². The highest BCUT2D eigenvalue weighted by Gasteiger charge is 2.20. The molecule has 9 heteroatoms. The zero-order chi connectivity index (χ0) is 19.2. The first kappa shape index (κ1) is 20.7. The van der Waals surface area contributed by atoms with E-state index in [0.29, 0.717) is 12.5 Å². The summed E-state index contributed by atoms with van der Waals surface area (Å²) in [5.41, 5.74) is 0. The van der Waals surface area contributed by atoms with E-state index in [1.54, 1.807) is 18.8 Å². The number of nitrogens with zero attached hydrogens (tertiary/aromatic N) is 3. The summed E-state index contributed by atoms with van der Waals surface area (Å²) in [6, 6.07) is 8.15. The van der Waals surface area contributed by atoms with E-state index in [4.69, 9.17) is 0 Å². The molecule has 0 spiro atoms. The molecule has 5 nitrogen and oxygen atoms in total. The summed E-state index contributed by atoms with van der Waals surface area (Å²) in [7, 11) is 1.64. The van der Waals surface area contributed by atoms with Crippen LogP contribution in [0.25, 0.3) is 0 Å². The third kappa shape index (κ3) is 6.28. The Balaban J connectivity index is 1.87. The van der Waals surface area contributed by atoms with Gasteiger partial charge in [-0.05, 0) is 38.1 Å². The van der Waals surface area contributed by atoms with Gasteiger partial charge in [-0.2, -0.15) is 8.78 Å². The van der Waals surface area contributed by atoms with Crippen molar-refractivity contribution in [1.82, 2.24) is 20.2 Å². The van der Waals surface area contributed by atoms with Gasteiger partial charge in [0, 0.05) is 40.1 Å². The Bertz CT molecular complexity index is 731. The van der Waals surface area contributed by atoms with Gasteiger partial charge < -0.3 is 10.6 Å². The summed E-state index contributed by atoms with van der Waals surface area (Å²) in [5, 5.41) is 6.25. The highest BCUT2D eigenvalue weighted by Crippen LogP contribution is 2.32. The lowest BCUT2D eigenvalue weighted by Gasteiger charge is -2.25. The molecule has 142 valence electrons. The molecule has 1 aromatic carbocycles. The second-order valence-electron chi connectivity index (χ2n) is 6.12. The van der Waals surface area contributed by atoms with Gasteiger partial charge in [0.05, 0.1) is 6.54 Å². The number of aromatic nitrogens is 2. The first-order chi connectivity index (χ1) is 12.3. The van der Waals surface area contributed by atoms with Gasteiger partial charge in [0.1, 0.15) is 5.82 Å². The van der Waals surface area contributed by atoms with E-state index >= 15 is 0 Å². The van der Waals surface area contributed by atoms with E-state index in [-0.39, 0.29) is 17.1 Å². The quantitative estimate of drug-likeness (QED) is 0.379. The van der Waals surface area contributed by atoms with Gasteiger partial charge >= 0.3 is 6.55 Å². The Morgan fingerprint density at radius 3 is 2.62 bits per heavy atom. The summed E-state index contributed by atoms with van der Waals surface area (Å²) in [5.74, 6) is 0.796. The first-order valence-electron chi connectivity index (χ1n) is 8.00. The summed E-state index contributed by atoms with van der Waals surface area (Å²) >= 11 is 5.18. The lowest BCUT2D eigenvalue weighted by atomic mass is 10.2. The average molecular weight is 446 g/mol.